The summed E-state index contributed by atoms with van der Waals surface area (Å²) in [7, 11) is 0. The number of amides is 1. The molecule has 0 radical (unpaired) electrons. The second kappa shape index (κ2) is 7.74. The Morgan fingerprint density at radius 2 is 2.00 bits per heavy atom. The number of hydrazone groups is 1. The van der Waals surface area contributed by atoms with E-state index in [9.17, 15) is 4.79 Å². The van der Waals surface area contributed by atoms with Crippen molar-refractivity contribution in [1.82, 2.24) is 10.3 Å². The summed E-state index contributed by atoms with van der Waals surface area (Å²) < 4.78 is 0.885. The van der Waals surface area contributed by atoms with Crippen LogP contribution in [0.3, 0.4) is 0 Å². The smallest absolute Gasteiger partial charge is 0.276 e. The van der Waals surface area contributed by atoms with E-state index in [4.69, 9.17) is 10.1 Å². The maximum atomic E-state index is 13.1. The van der Waals surface area contributed by atoms with Crippen LogP contribution in [0.4, 0.5) is 0 Å². The molecule has 5 rings (SSSR count). The fourth-order valence-corrected chi connectivity index (χ4v) is 4.68. The number of carbonyl (C=O) groups excluding carboxylic acids is 1. The Bertz CT molecular complexity index is 1350. The van der Waals surface area contributed by atoms with Gasteiger partial charge in [0.25, 0.3) is 5.91 Å². The van der Waals surface area contributed by atoms with E-state index >= 15 is 0 Å². The van der Waals surface area contributed by atoms with Gasteiger partial charge >= 0.3 is 0 Å². The van der Waals surface area contributed by atoms with Gasteiger partial charge in [0.2, 0.25) is 0 Å². The molecule has 1 atom stereocenters. The van der Waals surface area contributed by atoms with Crippen molar-refractivity contribution < 1.29 is 4.79 Å². The number of rotatable bonds is 3. The largest absolute Gasteiger partial charge is 0.298 e. The molecule has 0 saturated heterocycles. The zero-order valence-electron chi connectivity index (χ0n) is 15.9. The molecule has 30 heavy (non-hydrogen) atoms. The van der Waals surface area contributed by atoms with Crippen molar-refractivity contribution in [3.63, 3.8) is 0 Å². The van der Waals surface area contributed by atoms with Crippen LogP contribution in [-0.4, -0.2) is 21.8 Å². The van der Waals surface area contributed by atoms with Gasteiger partial charge in [-0.2, -0.15) is 0 Å². The van der Waals surface area contributed by atoms with Crippen LogP contribution in [0.25, 0.3) is 16.5 Å². The minimum absolute atomic E-state index is 0.184. The zero-order valence-corrected chi connectivity index (χ0v) is 18.3. The molecule has 0 fully saturated rings. The number of carbonyl (C=O) groups is 1. The Kier molecular flexibility index (Phi) is 4.92. The first kappa shape index (κ1) is 19.1. The summed E-state index contributed by atoms with van der Waals surface area (Å²) in [6, 6.07) is 20.1. The Hall–Kier alpha value is -2.90. The molecular formula is C23H17BrN4OS. The van der Waals surface area contributed by atoms with Crippen LogP contribution in [0.2, 0.25) is 0 Å². The van der Waals surface area contributed by atoms with Crippen molar-refractivity contribution in [3.8, 4) is 0 Å². The van der Waals surface area contributed by atoms with Crippen molar-refractivity contribution in [3.05, 3.63) is 93.9 Å². The molecule has 0 spiro atoms. The molecule has 2 aliphatic heterocycles. The lowest BCUT2D eigenvalue weighted by atomic mass is 10.0. The lowest BCUT2D eigenvalue weighted by Crippen LogP contribution is -2.50. The third-order valence-corrected chi connectivity index (χ3v) is 6.36. The van der Waals surface area contributed by atoms with Crippen LogP contribution in [0.1, 0.15) is 11.7 Å². The minimum Gasteiger partial charge on any atom is -0.298 e. The van der Waals surface area contributed by atoms with Crippen LogP contribution in [0.15, 0.2) is 87.9 Å². The van der Waals surface area contributed by atoms with Gasteiger partial charge in [0.1, 0.15) is 5.70 Å². The molecule has 0 saturated carbocycles. The summed E-state index contributed by atoms with van der Waals surface area (Å²) in [5.74, 6) is 0.469. The average Bonchev–Trinajstić information content (AvgIpc) is 2.76. The first-order valence-electron chi connectivity index (χ1n) is 9.44. The summed E-state index contributed by atoms with van der Waals surface area (Å²) in [6.07, 6.45) is 1.35. The van der Waals surface area contributed by atoms with Gasteiger partial charge in [-0.3, -0.25) is 15.1 Å². The Labute approximate surface area is 186 Å². The van der Waals surface area contributed by atoms with Crippen LogP contribution in [0.5, 0.6) is 0 Å². The van der Waals surface area contributed by atoms with E-state index in [1.807, 2.05) is 36.4 Å². The van der Waals surface area contributed by atoms with E-state index in [1.165, 1.54) is 11.8 Å². The molecule has 2 heterocycles. The molecule has 1 amide bonds. The van der Waals surface area contributed by atoms with Crippen molar-refractivity contribution in [1.29, 1.82) is 0 Å². The lowest BCUT2D eigenvalue weighted by molar-refractivity contribution is -0.116. The molecule has 1 unspecified atom stereocenters. The molecule has 1 N–H and O–H groups in total. The predicted octanol–water partition coefficient (Wildman–Crippen LogP) is 3.66. The third kappa shape index (κ3) is 3.24. The van der Waals surface area contributed by atoms with Gasteiger partial charge in [-0.25, -0.2) is 5.01 Å². The van der Waals surface area contributed by atoms with Crippen molar-refractivity contribution >= 4 is 55.2 Å². The molecule has 148 valence electrons. The maximum absolute atomic E-state index is 13.1. The number of thioether (sulfide) groups is 1. The van der Waals surface area contributed by atoms with Gasteiger partial charge in [0.05, 0.1) is 5.36 Å². The van der Waals surface area contributed by atoms with Gasteiger partial charge in [0, 0.05) is 21.0 Å². The fourth-order valence-electron chi connectivity index (χ4n) is 3.73. The molecule has 0 aromatic heterocycles. The number of nitrogens with one attached hydrogen (secondary N) is 1. The number of hydrogen-bond acceptors (Lipinski definition) is 5. The highest BCUT2D eigenvalue weighted by Crippen LogP contribution is 2.34. The Morgan fingerprint density at radius 3 is 2.87 bits per heavy atom. The van der Waals surface area contributed by atoms with Gasteiger partial charge in [0.15, 0.2) is 11.3 Å². The Balaban J connectivity index is 1.78. The SMILES string of the molecule is C=CCSC1=NN2C(=c3cc(Br)ccc3=NC2c2cccc3ccccc23)C(=O)N1. The lowest BCUT2D eigenvalue weighted by Gasteiger charge is -2.34. The summed E-state index contributed by atoms with van der Waals surface area (Å²) in [4.78, 5) is 18.2. The number of hydrogen-bond donors (Lipinski definition) is 1. The van der Waals surface area contributed by atoms with Crippen LogP contribution in [0, 0.1) is 0 Å². The van der Waals surface area contributed by atoms with E-state index in [1.54, 1.807) is 11.1 Å². The molecule has 0 aliphatic carbocycles. The molecule has 2 aliphatic rings. The number of fused-ring (bicyclic) bond motifs is 3. The number of amidine groups is 1. The van der Waals surface area contributed by atoms with E-state index in [0.717, 1.165) is 31.4 Å². The van der Waals surface area contributed by atoms with E-state index < -0.39 is 6.17 Å². The quantitative estimate of drug-likeness (QED) is 0.586. The van der Waals surface area contributed by atoms with Crippen LogP contribution in [-0.2, 0) is 4.79 Å². The molecule has 3 aromatic carbocycles. The minimum atomic E-state index is -0.440. The van der Waals surface area contributed by atoms with Crippen molar-refractivity contribution in [2.75, 3.05) is 5.75 Å². The molecule has 0 bridgehead atoms. The topological polar surface area (TPSA) is 57.1 Å². The van der Waals surface area contributed by atoms with Crippen LogP contribution >= 0.6 is 27.7 Å². The average molecular weight is 477 g/mol. The summed E-state index contributed by atoms with van der Waals surface area (Å²) in [5.41, 5.74) is 1.51. The molecule has 5 nitrogen and oxygen atoms in total. The third-order valence-electron chi connectivity index (χ3n) is 5.01. The first-order valence-corrected chi connectivity index (χ1v) is 11.2. The van der Waals surface area contributed by atoms with Gasteiger partial charge in [-0.05, 0) is 29.0 Å². The molecule has 3 aromatic rings. The highest BCUT2D eigenvalue weighted by molar-refractivity contribution is 9.10. The highest BCUT2D eigenvalue weighted by atomic mass is 79.9. The Morgan fingerprint density at radius 1 is 1.17 bits per heavy atom. The fraction of sp³-hybridized carbons (Fsp3) is 0.0870. The van der Waals surface area contributed by atoms with Crippen molar-refractivity contribution in [2.24, 2.45) is 10.1 Å². The first-order chi connectivity index (χ1) is 14.7. The maximum Gasteiger partial charge on any atom is 0.276 e. The second-order valence-corrected chi connectivity index (χ2v) is 8.81. The van der Waals surface area contributed by atoms with Crippen LogP contribution < -0.4 is 15.9 Å². The number of halogens is 1. The monoisotopic (exact) mass is 476 g/mol. The summed E-state index contributed by atoms with van der Waals surface area (Å²) >= 11 is 4.95. The zero-order chi connectivity index (χ0) is 20.7. The second-order valence-electron chi connectivity index (χ2n) is 6.88. The van der Waals surface area contributed by atoms with Gasteiger partial charge < -0.3 is 0 Å². The summed E-state index contributed by atoms with van der Waals surface area (Å²) in [6.45, 7) is 3.75. The standard InChI is InChI=1S/C23H17BrN4OS/c1-2-12-30-23-26-22(29)20-18-13-15(24)10-11-19(18)25-21(28(20)27-23)17-9-5-7-14-6-3-4-8-16(14)17/h2-11,13,21H,1,12H2,(H,26,27,29). The molecular weight excluding hydrogens is 460 g/mol. The van der Waals surface area contributed by atoms with Gasteiger partial charge in [-0.15, -0.1) is 11.7 Å². The highest BCUT2D eigenvalue weighted by Gasteiger charge is 2.35. The van der Waals surface area contributed by atoms with Crippen molar-refractivity contribution in [2.45, 2.75) is 6.17 Å². The van der Waals surface area contributed by atoms with E-state index in [0.29, 0.717) is 16.6 Å². The normalized spacial score (nSPS) is 17.6. The number of nitrogens with zero attached hydrogens (tertiary/aromatic N) is 3. The molecule has 7 heteroatoms. The van der Waals surface area contributed by atoms with E-state index in [2.05, 4.69) is 52.1 Å². The number of benzene rings is 3. The van der Waals surface area contributed by atoms with Gasteiger partial charge in [-0.1, -0.05) is 76.2 Å². The summed E-state index contributed by atoms with van der Waals surface area (Å²) in [5, 5.41) is 13.7. The van der Waals surface area contributed by atoms with E-state index in [-0.39, 0.29) is 5.91 Å². The predicted molar refractivity (Wildman–Crippen MR) is 125 cm³/mol.